The van der Waals surface area contributed by atoms with Gasteiger partial charge in [-0.05, 0) is 45.9 Å². The summed E-state index contributed by atoms with van der Waals surface area (Å²) in [6.07, 6.45) is -0.724. The normalized spacial score (nSPS) is 12.3. The van der Waals surface area contributed by atoms with E-state index in [1.165, 1.54) is 7.11 Å². The third kappa shape index (κ3) is 9.20. The summed E-state index contributed by atoms with van der Waals surface area (Å²) >= 11 is 1.58. The van der Waals surface area contributed by atoms with Crippen molar-refractivity contribution in [3.63, 3.8) is 0 Å². The van der Waals surface area contributed by atoms with Crippen LogP contribution < -0.4 is 25.5 Å². The van der Waals surface area contributed by atoms with Gasteiger partial charge < -0.3 is 35.3 Å². The second-order valence-corrected chi connectivity index (χ2v) is 12.0. The molecular weight excluding hydrogens is 582 g/mol. The number of methoxy groups -OCH3 is 2. The standard InChI is InChI=1S/C31H41N7O5S/c1-20(40)19-33-30-27(28(41)22(18-32)29(35-30)34-21-10-8-7-9-11-21)37-36-23-16-25(43-6)26(17-24(23)42-5)44-15-13-38(12-14-39)31(2,3)4/h7-11,16-17,20,39-40H,12-15,19H2,1-6H3,(H3,33,34,35,41). The number of H-pyrrole nitrogens is 1. The molecule has 236 valence electrons. The molecule has 1 atom stereocenters. The van der Waals surface area contributed by atoms with Crippen LogP contribution in [0.3, 0.4) is 0 Å². The topological polar surface area (TPSA) is 168 Å². The maximum atomic E-state index is 13.5. The number of nitrogens with one attached hydrogen (secondary N) is 3. The van der Waals surface area contributed by atoms with Crippen molar-refractivity contribution in [3.8, 4) is 17.6 Å². The summed E-state index contributed by atoms with van der Waals surface area (Å²) in [4.78, 5) is 19.6. The van der Waals surface area contributed by atoms with Crippen LogP contribution in [0.4, 0.5) is 28.7 Å². The summed E-state index contributed by atoms with van der Waals surface area (Å²) in [7, 11) is 3.07. The molecule has 0 bridgehead atoms. The molecular formula is C31H41N7O5S. The van der Waals surface area contributed by atoms with Gasteiger partial charge in [0.15, 0.2) is 5.69 Å². The monoisotopic (exact) mass is 623 g/mol. The van der Waals surface area contributed by atoms with Crippen LogP contribution in [0, 0.1) is 11.3 Å². The van der Waals surface area contributed by atoms with Crippen LogP contribution in [-0.4, -0.2) is 78.0 Å². The number of ether oxygens (including phenoxy) is 2. The predicted octanol–water partition coefficient (Wildman–Crippen LogP) is 5.40. The molecule has 0 saturated carbocycles. The quantitative estimate of drug-likeness (QED) is 0.109. The predicted molar refractivity (Wildman–Crippen MR) is 175 cm³/mol. The van der Waals surface area contributed by atoms with Gasteiger partial charge >= 0.3 is 0 Å². The van der Waals surface area contributed by atoms with E-state index in [1.54, 1.807) is 50.1 Å². The SMILES string of the molecule is COc1cc(SCCN(CCO)C(C)(C)C)c(OC)cc1N=Nc1c(NCC(C)O)[nH]c(Nc2ccccc2)c(C#N)c1=O. The van der Waals surface area contributed by atoms with E-state index >= 15 is 0 Å². The number of aromatic amines is 1. The minimum absolute atomic E-state index is 0.0833. The van der Waals surface area contributed by atoms with Crippen molar-refractivity contribution in [1.29, 1.82) is 5.26 Å². The van der Waals surface area contributed by atoms with Crippen molar-refractivity contribution in [2.75, 3.05) is 56.8 Å². The second-order valence-electron chi connectivity index (χ2n) is 10.9. The third-order valence-electron chi connectivity index (χ3n) is 6.57. The van der Waals surface area contributed by atoms with E-state index in [1.807, 2.05) is 24.3 Å². The fraction of sp³-hybridized carbons (Fsp3) is 0.419. The molecule has 1 aromatic heterocycles. The summed E-state index contributed by atoms with van der Waals surface area (Å²) < 4.78 is 11.2. The summed E-state index contributed by atoms with van der Waals surface area (Å²) in [5.41, 5.74) is -0.0531. The maximum absolute atomic E-state index is 13.5. The van der Waals surface area contributed by atoms with E-state index in [4.69, 9.17) is 9.47 Å². The van der Waals surface area contributed by atoms with Crippen LogP contribution in [0.15, 0.2) is 62.4 Å². The molecule has 1 heterocycles. The number of rotatable bonds is 15. The minimum Gasteiger partial charge on any atom is -0.495 e. The first kappa shape index (κ1) is 34.4. The van der Waals surface area contributed by atoms with Crippen LogP contribution >= 0.6 is 11.8 Å². The fourth-order valence-electron chi connectivity index (χ4n) is 4.25. The molecule has 3 aromatic rings. The molecule has 0 aliphatic carbocycles. The zero-order valence-corrected chi connectivity index (χ0v) is 26.8. The summed E-state index contributed by atoms with van der Waals surface area (Å²) in [6, 6.07) is 14.5. The first-order chi connectivity index (χ1) is 21.0. The van der Waals surface area contributed by atoms with E-state index in [2.05, 4.69) is 51.5 Å². The fourth-order valence-corrected chi connectivity index (χ4v) is 5.26. The van der Waals surface area contributed by atoms with E-state index in [0.29, 0.717) is 29.4 Å². The van der Waals surface area contributed by atoms with Gasteiger partial charge in [-0.1, -0.05) is 18.2 Å². The molecule has 0 aliphatic heterocycles. The lowest BCUT2D eigenvalue weighted by Crippen LogP contribution is -2.44. The molecule has 0 aliphatic rings. The highest BCUT2D eigenvalue weighted by atomic mass is 32.2. The van der Waals surface area contributed by atoms with Crippen LogP contribution in [0.25, 0.3) is 0 Å². The van der Waals surface area contributed by atoms with E-state index in [0.717, 1.165) is 17.2 Å². The Kier molecular flexibility index (Phi) is 12.6. The number of thioether (sulfide) groups is 1. The molecule has 44 heavy (non-hydrogen) atoms. The molecule has 0 radical (unpaired) electrons. The van der Waals surface area contributed by atoms with Crippen molar-refractivity contribution >= 4 is 40.5 Å². The van der Waals surface area contributed by atoms with Gasteiger partial charge in [0, 0.05) is 42.7 Å². The highest BCUT2D eigenvalue weighted by Gasteiger charge is 2.21. The van der Waals surface area contributed by atoms with Gasteiger partial charge in [0.2, 0.25) is 5.43 Å². The number of para-hydroxylation sites is 1. The van der Waals surface area contributed by atoms with Crippen LogP contribution in [0.1, 0.15) is 33.3 Å². The summed E-state index contributed by atoms with van der Waals surface area (Å²) in [5, 5.41) is 43.8. The Bertz CT molecular complexity index is 1520. The van der Waals surface area contributed by atoms with Crippen LogP contribution in [-0.2, 0) is 0 Å². The first-order valence-corrected chi connectivity index (χ1v) is 15.1. The molecule has 13 heteroatoms. The lowest BCUT2D eigenvalue weighted by atomic mass is 10.1. The zero-order chi connectivity index (χ0) is 32.3. The Morgan fingerprint density at radius 3 is 2.39 bits per heavy atom. The highest BCUT2D eigenvalue weighted by molar-refractivity contribution is 7.99. The van der Waals surface area contributed by atoms with Gasteiger partial charge in [0.05, 0.1) is 31.8 Å². The summed E-state index contributed by atoms with van der Waals surface area (Å²) in [6.45, 7) is 9.46. The van der Waals surface area contributed by atoms with Gasteiger partial charge in [-0.25, -0.2) is 0 Å². The van der Waals surface area contributed by atoms with Crippen molar-refractivity contribution in [3.05, 3.63) is 58.3 Å². The van der Waals surface area contributed by atoms with Gasteiger partial charge in [0.25, 0.3) is 0 Å². The highest BCUT2D eigenvalue weighted by Crippen LogP contribution is 2.41. The molecule has 0 spiro atoms. The lowest BCUT2D eigenvalue weighted by molar-refractivity contribution is 0.114. The lowest BCUT2D eigenvalue weighted by Gasteiger charge is -2.35. The van der Waals surface area contributed by atoms with Gasteiger partial charge in [-0.2, -0.15) is 5.26 Å². The van der Waals surface area contributed by atoms with E-state index in [9.17, 15) is 20.3 Å². The third-order valence-corrected chi connectivity index (χ3v) is 7.59. The Hall–Kier alpha value is -4.09. The van der Waals surface area contributed by atoms with E-state index < -0.39 is 11.5 Å². The zero-order valence-electron chi connectivity index (χ0n) is 26.0. The summed E-state index contributed by atoms with van der Waals surface area (Å²) in [5.74, 6) is 2.07. The molecule has 0 amide bonds. The number of nitrogens with zero attached hydrogens (tertiary/aromatic N) is 4. The average Bonchev–Trinajstić information content (AvgIpc) is 2.99. The first-order valence-electron chi connectivity index (χ1n) is 14.1. The number of β-amino-alcohol motifs (C(OH)–C–C–N with tert-alkyl or cyclic N) is 1. The Morgan fingerprint density at radius 1 is 1.09 bits per heavy atom. The minimum atomic E-state index is -0.724. The van der Waals surface area contributed by atoms with Gasteiger partial charge in [-0.15, -0.1) is 22.0 Å². The Labute approximate surface area is 262 Å². The number of benzene rings is 2. The number of aromatic nitrogens is 1. The molecule has 12 nitrogen and oxygen atoms in total. The van der Waals surface area contributed by atoms with Crippen molar-refractivity contribution in [2.24, 2.45) is 10.2 Å². The second kappa shape index (κ2) is 16.1. The number of hydrogen-bond acceptors (Lipinski definition) is 12. The maximum Gasteiger partial charge on any atom is 0.231 e. The number of anilines is 3. The number of nitriles is 1. The molecule has 1 unspecified atom stereocenters. The van der Waals surface area contributed by atoms with Crippen molar-refractivity contribution < 1.29 is 19.7 Å². The molecule has 0 saturated heterocycles. The number of hydrogen-bond donors (Lipinski definition) is 5. The molecule has 3 rings (SSSR count). The Morgan fingerprint density at radius 2 is 1.80 bits per heavy atom. The van der Waals surface area contributed by atoms with E-state index in [-0.39, 0.29) is 41.6 Å². The Balaban J connectivity index is 1.97. The van der Waals surface area contributed by atoms with Gasteiger partial charge in [-0.3, -0.25) is 9.69 Å². The van der Waals surface area contributed by atoms with Crippen LogP contribution in [0.2, 0.25) is 0 Å². The average molecular weight is 624 g/mol. The number of pyridine rings is 1. The van der Waals surface area contributed by atoms with Crippen molar-refractivity contribution in [2.45, 2.75) is 44.2 Å². The molecule has 2 aromatic carbocycles. The molecule has 5 N–H and O–H groups in total. The van der Waals surface area contributed by atoms with Crippen LogP contribution in [0.5, 0.6) is 11.5 Å². The molecule has 0 fully saturated rings. The number of azo groups is 1. The number of aliphatic hydroxyl groups excluding tert-OH is 2. The number of aliphatic hydroxyl groups is 2. The van der Waals surface area contributed by atoms with Gasteiger partial charge in [0.1, 0.15) is 40.5 Å². The largest absolute Gasteiger partial charge is 0.495 e. The van der Waals surface area contributed by atoms with Crippen molar-refractivity contribution in [1.82, 2.24) is 9.88 Å². The smallest absolute Gasteiger partial charge is 0.231 e.